The molecule has 4 rings (SSSR count). The van der Waals surface area contributed by atoms with Crippen molar-refractivity contribution in [2.45, 2.75) is 110 Å². The summed E-state index contributed by atoms with van der Waals surface area (Å²) >= 11 is 0. The molecule has 190 valence electrons. The summed E-state index contributed by atoms with van der Waals surface area (Å²) < 4.78 is 33.3. The molecule has 3 aliphatic carbocycles. The molecule has 0 spiro atoms. The number of halogens is 2. The minimum Gasteiger partial charge on any atom is -0.426 e. The van der Waals surface area contributed by atoms with Crippen LogP contribution in [0.2, 0.25) is 0 Å². The second kappa shape index (κ2) is 12.0. The van der Waals surface area contributed by atoms with Crippen molar-refractivity contribution in [2.24, 2.45) is 35.5 Å². The first-order chi connectivity index (χ1) is 16.5. The molecule has 0 saturated heterocycles. The molecule has 4 atom stereocenters. The SMILES string of the molecule is CCCCCCC1CCC(C2CCC3C(CCCC3C(=O)Oc3cc(F)c(C)c(F)c3)C2)CC1. The summed E-state index contributed by atoms with van der Waals surface area (Å²) in [6, 6.07) is 2.27. The lowest BCUT2D eigenvalue weighted by Gasteiger charge is -2.46. The van der Waals surface area contributed by atoms with Gasteiger partial charge in [-0.15, -0.1) is 0 Å². The van der Waals surface area contributed by atoms with Crippen LogP contribution in [0.1, 0.15) is 109 Å². The number of unbranched alkanes of at least 4 members (excludes halogenated alkanes) is 3. The molecule has 4 heteroatoms. The van der Waals surface area contributed by atoms with Gasteiger partial charge in [-0.2, -0.15) is 0 Å². The molecule has 2 nitrogen and oxygen atoms in total. The number of hydrogen-bond donors (Lipinski definition) is 0. The van der Waals surface area contributed by atoms with E-state index in [1.165, 1.54) is 84.0 Å². The molecule has 0 aliphatic heterocycles. The first-order valence-electron chi connectivity index (χ1n) is 14.1. The van der Waals surface area contributed by atoms with E-state index in [-0.39, 0.29) is 23.2 Å². The molecule has 0 heterocycles. The smallest absolute Gasteiger partial charge is 0.314 e. The molecular weight excluding hydrogens is 430 g/mol. The number of fused-ring (bicyclic) bond motifs is 1. The van der Waals surface area contributed by atoms with Crippen molar-refractivity contribution in [3.8, 4) is 5.75 Å². The van der Waals surface area contributed by atoms with Gasteiger partial charge in [0.2, 0.25) is 0 Å². The van der Waals surface area contributed by atoms with E-state index in [2.05, 4.69) is 6.92 Å². The van der Waals surface area contributed by atoms with Crippen LogP contribution in [-0.2, 0) is 4.79 Å². The van der Waals surface area contributed by atoms with Gasteiger partial charge < -0.3 is 4.74 Å². The largest absolute Gasteiger partial charge is 0.426 e. The second-order valence-electron chi connectivity index (χ2n) is 11.6. The summed E-state index contributed by atoms with van der Waals surface area (Å²) in [6.45, 7) is 3.67. The average Bonchev–Trinajstić information content (AvgIpc) is 2.84. The van der Waals surface area contributed by atoms with Crippen LogP contribution in [0.3, 0.4) is 0 Å². The topological polar surface area (TPSA) is 26.3 Å². The van der Waals surface area contributed by atoms with Gasteiger partial charge in [-0.25, -0.2) is 8.78 Å². The van der Waals surface area contributed by atoms with Gasteiger partial charge in [0, 0.05) is 17.7 Å². The number of ether oxygens (including phenoxy) is 1. The molecule has 34 heavy (non-hydrogen) atoms. The summed E-state index contributed by atoms with van der Waals surface area (Å²) in [4.78, 5) is 13.0. The number of rotatable bonds is 8. The van der Waals surface area contributed by atoms with Crippen LogP contribution in [-0.4, -0.2) is 5.97 Å². The Kier molecular flexibility index (Phi) is 9.04. The van der Waals surface area contributed by atoms with Gasteiger partial charge in [-0.05, 0) is 75.0 Å². The summed E-state index contributed by atoms with van der Waals surface area (Å²) in [7, 11) is 0. The molecule has 3 fully saturated rings. The predicted octanol–water partition coefficient (Wildman–Crippen LogP) is 8.79. The zero-order valence-corrected chi connectivity index (χ0v) is 21.3. The molecule has 3 saturated carbocycles. The molecule has 1 aromatic rings. The van der Waals surface area contributed by atoms with Crippen LogP contribution in [0.25, 0.3) is 0 Å². The summed E-state index contributed by atoms with van der Waals surface area (Å²) in [5.74, 6) is 1.85. The van der Waals surface area contributed by atoms with E-state index in [0.29, 0.717) is 11.8 Å². The highest BCUT2D eigenvalue weighted by atomic mass is 19.1. The van der Waals surface area contributed by atoms with Gasteiger partial charge in [-0.1, -0.05) is 64.7 Å². The van der Waals surface area contributed by atoms with Crippen molar-refractivity contribution in [1.29, 1.82) is 0 Å². The number of esters is 1. The van der Waals surface area contributed by atoms with Crippen molar-refractivity contribution < 1.29 is 18.3 Å². The van der Waals surface area contributed by atoms with Crippen molar-refractivity contribution in [3.63, 3.8) is 0 Å². The molecule has 0 aromatic heterocycles. The maximum absolute atomic E-state index is 13.9. The molecule has 3 aliphatic rings. The number of hydrogen-bond acceptors (Lipinski definition) is 2. The normalized spacial score (nSPS) is 31.6. The van der Waals surface area contributed by atoms with Crippen LogP contribution in [0.15, 0.2) is 12.1 Å². The lowest BCUT2D eigenvalue weighted by molar-refractivity contribution is -0.144. The van der Waals surface area contributed by atoms with E-state index in [9.17, 15) is 13.6 Å². The number of carbonyl (C=O) groups excluding carboxylic acids is 1. The Morgan fingerprint density at radius 3 is 2.29 bits per heavy atom. The van der Waals surface area contributed by atoms with Gasteiger partial charge in [0.15, 0.2) is 0 Å². The highest BCUT2D eigenvalue weighted by Crippen LogP contribution is 2.50. The molecule has 0 amide bonds. The van der Waals surface area contributed by atoms with Gasteiger partial charge in [0.05, 0.1) is 5.92 Å². The van der Waals surface area contributed by atoms with Crippen molar-refractivity contribution >= 4 is 5.97 Å². The minimum absolute atomic E-state index is 0.00661. The summed E-state index contributed by atoms with van der Waals surface area (Å²) in [5, 5.41) is 0. The fourth-order valence-corrected chi connectivity index (χ4v) is 7.40. The van der Waals surface area contributed by atoms with Crippen LogP contribution in [0.4, 0.5) is 8.78 Å². The van der Waals surface area contributed by atoms with Crippen LogP contribution >= 0.6 is 0 Å². The molecule has 0 bridgehead atoms. The maximum atomic E-state index is 13.9. The zero-order valence-electron chi connectivity index (χ0n) is 21.3. The monoisotopic (exact) mass is 474 g/mol. The highest BCUT2D eigenvalue weighted by molar-refractivity contribution is 5.75. The molecular formula is C30H44F2O2. The fraction of sp³-hybridized carbons (Fsp3) is 0.767. The third kappa shape index (κ3) is 6.21. The van der Waals surface area contributed by atoms with Crippen molar-refractivity contribution in [2.75, 3.05) is 0 Å². The van der Waals surface area contributed by atoms with Gasteiger partial charge in [0.25, 0.3) is 0 Å². The van der Waals surface area contributed by atoms with Gasteiger partial charge in [0.1, 0.15) is 17.4 Å². The van der Waals surface area contributed by atoms with E-state index in [0.717, 1.165) is 49.1 Å². The Morgan fingerprint density at radius 2 is 1.59 bits per heavy atom. The van der Waals surface area contributed by atoms with Gasteiger partial charge >= 0.3 is 5.97 Å². The van der Waals surface area contributed by atoms with E-state index in [1.807, 2.05) is 0 Å². The number of carbonyl (C=O) groups is 1. The van der Waals surface area contributed by atoms with Crippen molar-refractivity contribution in [1.82, 2.24) is 0 Å². The number of benzene rings is 1. The lowest BCUT2D eigenvalue weighted by atomic mass is 9.59. The fourth-order valence-electron chi connectivity index (χ4n) is 7.40. The minimum atomic E-state index is -0.666. The lowest BCUT2D eigenvalue weighted by Crippen LogP contribution is -2.40. The van der Waals surface area contributed by atoms with E-state index in [1.54, 1.807) is 0 Å². The third-order valence-electron chi connectivity index (χ3n) is 9.49. The summed E-state index contributed by atoms with van der Waals surface area (Å²) in [5.41, 5.74) is -0.0404. The summed E-state index contributed by atoms with van der Waals surface area (Å²) in [6.07, 6.45) is 19.3. The Labute approximate surface area is 205 Å². The Balaban J connectivity index is 1.27. The van der Waals surface area contributed by atoms with E-state index < -0.39 is 11.6 Å². The van der Waals surface area contributed by atoms with Gasteiger partial charge in [-0.3, -0.25) is 4.79 Å². The Morgan fingerprint density at radius 1 is 0.882 bits per heavy atom. The third-order valence-corrected chi connectivity index (χ3v) is 9.49. The molecule has 1 aromatic carbocycles. The molecule has 0 N–H and O–H groups in total. The van der Waals surface area contributed by atoms with Crippen LogP contribution in [0.5, 0.6) is 5.75 Å². The van der Waals surface area contributed by atoms with E-state index >= 15 is 0 Å². The van der Waals surface area contributed by atoms with Crippen LogP contribution in [0, 0.1) is 54.1 Å². The average molecular weight is 475 g/mol. The molecule has 0 radical (unpaired) electrons. The van der Waals surface area contributed by atoms with Crippen molar-refractivity contribution in [3.05, 3.63) is 29.3 Å². The van der Waals surface area contributed by atoms with Crippen LogP contribution < -0.4 is 4.74 Å². The molecule has 4 unspecified atom stereocenters. The zero-order chi connectivity index (χ0) is 24.1. The Bertz CT molecular complexity index is 791. The maximum Gasteiger partial charge on any atom is 0.314 e. The van der Waals surface area contributed by atoms with E-state index in [4.69, 9.17) is 4.74 Å². The Hall–Kier alpha value is -1.45. The standard InChI is InChI=1S/C30H44F2O2/c1-3-4-5-6-8-21-11-13-22(14-12-21)23-15-16-26-24(17-23)9-7-10-27(26)30(33)34-25-18-28(31)20(2)29(32)19-25/h18-19,21-24,26-27H,3-17H2,1-2H3. The first kappa shape index (κ1) is 25.6. The predicted molar refractivity (Wildman–Crippen MR) is 133 cm³/mol. The highest BCUT2D eigenvalue weighted by Gasteiger charge is 2.43. The second-order valence-corrected chi connectivity index (χ2v) is 11.6. The quantitative estimate of drug-likeness (QED) is 0.214. The first-order valence-corrected chi connectivity index (χ1v) is 14.1.